The molecule has 0 bridgehead atoms. The van der Waals surface area contributed by atoms with Crippen molar-refractivity contribution in [3.63, 3.8) is 0 Å². The zero-order chi connectivity index (χ0) is 15.5. The second-order valence-corrected chi connectivity index (χ2v) is 5.64. The fourth-order valence-corrected chi connectivity index (χ4v) is 2.99. The summed E-state index contributed by atoms with van der Waals surface area (Å²) in [6.45, 7) is 5.03. The molecule has 3 nitrogen and oxygen atoms in total. The van der Waals surface area contributed by atoms with Crippen molar-refractivity contribution >= 4 is 21.7 Å². The third kappa shape index (κ3) is 2.77. The van der Waals surface area contributed by atoms with E-state index in [0.29, 0.717) is 18.2 Å². The van der Waals surface area contributed by atoms with Gasteiger partial charge < -0.3 is 9.73 Å². The molecular weight excluding hydrogens is 274 g/mol. The highest BCUT2D eigenvalue weighted by atomic mass is 16.4. The van der Waals surface area contributed by atoms with E-state index in [4.69, 9.17) is 4.42 Å². The van der Waals surface area contributed by atoms with E-state index in [1.165, 1.54) is 0 Å². The lowest BCUT2D eigenvalue weighted by molar-refractivity contribution is 0.482. The molecule has 1 N–H and O–H groups in total. The molecule has 0 saturated carbocycles. The minimum absolute atomic E-state index is 0.288. The Morgan fingerprint density at radius 3 is 2.64 bits per heavy atom. The second kappa shape index (κ2) is 6.32. The van der Waals surface area contributed by atoms with Crippen molar-refractivity contribution in [1.82, 2.24) is 5.32 Å². The van der Waals surface area contributed by atoms with E-state index in [9.17, 15) is 4.79 Å². The third-order valence-electron chi connectivity index (χ3n) is 4.28. The zero-order valence-electron chi connectivity index (χ0n) is 13.1. The van der Waals surface area contributed by atoms with Crippen LogP contribution in [0.3, 0.4) is 0 Å². The molecule has 0 aliphatic rings. The van der Waals surface area contributed by atoms with E-state index >= 15 is 0 Å². The Labute approximate surface area is 130 Å². The molecular formula is C19H21NO2. The molecule has 114 valence electrons. The average molecular weight is 295 g/mol. The van der Waals surface area contributed by atoms with Crippen LogP contribution in [0.1, 0.15) is 32.3 Å². The van der Waals surface area contributed by atoms with Crippen LogP contribution >= 0.6 is 0 Å². The van der Waals surface area contributed by atoms with E-state index < -0.39 is 0 Å². The molecule has 1 aromatic heterocycles. The van der Waals surface area contributed by atoms with Crippen LogP contribution in [-0.2, 0) is 6.54 Å². The van der Waals surface area contributed by atoms with Gasteiger partial charge in [0.15, 0.2) is 0 Å². The van der Waals surface area contributed by atoms with Gasteiger partial charge in [-0.05, 0) is 35.2 Å². The van der Waals surface area contributed by atoms with Crippen LogP contribution in [0.2, 0.25) is 0 Å². The number of hydrogen-bond acceptors (Lipinski definition) is 3. The Balaban J connectivity index is 2.15. The Bertz CT molecular complexity index is 847. The SMILES string of the molecule is CCC(CC)NCc1cc(=O)oc2ccc3ccccc3c12. The molecule has 22 heavy (non-hydrogen) atoms. The first-order chi connectivity index (χ1) is 10.7. The summed E-state index contributed by atoms with van der Waals surface area (Å²) in [4.78, 5) is 11.8. The van der Waals surface area contributed by atoms with Crippen molar-refractivity contribution in [2.45, 2.75) is 39.3 Å². The van der Waals surface area contributed by atoms with Crippen molar-refractivity contribution < 1.29 is 4.42 Å². The van der Waals surface area contributed by atoms with E-state index in [0.717, 1.165) is 34.6 Å². The first kappa shape index (κ1) is 14.8. The van der Waals surface area contributed by atoms with Gasteiger partial charge in [-0.2, -0.15) is 0 Å². The van der Waals surface area contributed by atoms with Crippen molar-refractivity contribution in [2.24, 2.45) is 0 Å². The third-order valence-corrected chi connectivity index (χ3v) is 4.28. The Kier molecular flexibility index (Phi) is 4.25. The molecule has 0 spiro atoms. The summed E-state index contributed by atoms with van der Waals surface area (Å²) in [6, 6.07) is 14.2. The number of nitrogens with one attached hydrogen (secondary N) is 1. The fourth-order valence-electron chi connectivity index (χ4n) is 2.99. The predicted molar refractivity (Wildman–Crippen MR) is 91.2 cm³/mol. The molecule has 0 radical (unpaired) electrons. The highest BCUT2D eigenvalue weighted by molar-refractivity contribution is 6.07. The molecule has 1 heterocycles. The molecule has 0 aliphatic heterocycles. The molecule has 3 heteroatoms. The highest BCUT2D eigenvalue weighted by Gasteiger charge is 2.11. The fraction of sp³-hybridized carbons (Fsp3) is 0.316. The van der Waals surface area contributed by atoms with E-state index in [1.54, 1.807) is 6.07 Å². The van der Waals surface area contributed by atoms with E-state index in [-0.39, 0.29) is 5.63 Å². The Morgan fingerprint density at radius 1 is 1.09 bits per heavy atom. The minimum Gasteiger partial charge on any atom is -0.423 e. The van der Waals surface area contributed by atoms with Crippen LogP contribution < -0.4 is 10.9 Å². The van der Waals surface area contributed by atoms with Gasteiger partial charge in [0.1, 0.15) is 5.58 Å². The maximum Gasteiger partial charge on any atom is 0.336 e. The lowest BCUT2D eigenvalue weighted by Crippen LogP contribution is -2.27. The largest absolute Gasteiger partial charge is 0.423 e. The zero-order valence-corrected chi connectivity index (χ0v) is 13.1. The van der Waals surface area contributed by atoms with Crippen molar-refractivity contribution in [3.05, 3.63) is 58.4 Å². The standard InChI is InChI=1S/C19H21NO2/c1-3-15(4-2)20-12-14-11-18(21)22-17-10-9-13-7-5-6-8-16(13)19(14)17/h5-11,15,20H,3-4,12H2,1-2H3. The predicted octanol–water partition coefficient (Wildman–Crippen LogP) is 4.22. The highest BCUT2D eigenvalue weighted by Crippen LogP contribution is 2.27. The van der Waals surface area contributed by atoms with Crippen molar-refractivity contribution in [1.29, 1.82) is 0 Å². The summed E-state index contributed by atoms with van der Waals surface area (Å²) < 4.78 is 5.39. The van der Waals surface area contributed by atoms with Gasteiger partial charge in [0, 0.05) is 24.0 Å². The quantitative estimate of drug-likeness (QED) is 0.566. The van der Waals surface area contributed by atoms with E-state index in [2.05, 4.69) is 31.3 Å². The number of benzene rings is 2. The lowest BCUT2D eigenvalue weighted by Gasteiger charge is -2.16. The number of fused-ring (bicyclic) bond motifs is 3. The van der Waals surface area contributed by atoms with Gasteiger partial charge in [-0.3, -0.25) is 0 Å². The van der Waals surface area contributed by atoms with Crippen LogP contribution in [0.4, 0.5) is 0 Å². The molecule has 3 rings (SSSR count). The molecule has 0 amide bonds. The van der Waals surface area contributed by atoms with Gasteiger partial charge in [0.05, 0.1) is 0 Å². The Hall–Kier alpha value is -2.13. The summed E-state index contributed by atoms with van der Waals surface area (Å²) in [5.74, 6) is 0. The van der Waals surface area contributed by atoms with Crippen LogP contribution in [-0.4, -0.2) is 6.04 Å². The van der Waals surface area contributed by atoms with E-state index in [1.807, 2.05) is 24.3 Å². The summed E-state index contributed by atoms with van der Waals surface area (Å²) in [5.41, 5.74) is 1.38. The maximum atomic E-state index is 11.8. The average Bonchev–Trinajstić information content (AvgIpc) is 2.55. The second-order valence-electron chi connectivity index (χ2n) is 5.64. The topological polar surface area (TPSA) is 42.2 Å². The van der Waals surface area contributed by atoms with Gasteiger partial charge in [0.25, 0.3) is 0 Å². The van der Waals surface area contributed by atoms with Crippen molar-refractivity contribution in [3.8, 4) is 0 Å². The van der Waals surface area contributed by atoms with Crippen molar-refractivity contribution in [2.75, 3.05) is 0 Å². The summed E-state index contributed by atoms with van der Waals surface area (Å²) in [5, 5.41) is 6.87. The number of hydrogen-bond donors (Lipinski definition) is 1. The molecule has 3 aromatic rings. The summed E-state index contributed by atoms with van der Waals surface area (Å²) >= 11 is 0. The smallest absolute Gasteiger partial charge is 0.336 e. The minimum atomic E-state index is -0.288. The molecule has 0 unspecified atom stereocenters. The van der Waals surface area contributed by atoms with Crippen LogP contribution in [0, 0.1) is 0 Å². The number of rotatable bonds is 5. The van der Waals surface area contributed by atoms with Gasteiger partial charge in [-0.1, -0.05) is 44.2 Å². The molecule has 0 fully saturated rings. The molecule has 0 saturated heterocycles. The monoisotopic (exact) mass is 295 g/mol. The van der Waals surface area contributed by atoms with Crippen LogP contribution in [0.15, 0.2) is 51.7 Å². The van der Waals surface area contributed by atoms with Gasteiger partial charge >= 0.3 is 5.63 Å². The van der Waals surface area contributed by atoms with Gasteiger partial charge in [-0.15, -0.1) is 0 Å². The molecule has 0 aliphatic carbocycles. The first-order valence-corrected chi connectivity index (χ1v) is 7.90. The summed E-state index contributed by atoms with van der Waals surface area (Å²) in [6.07, 6.45) is 2.16. The Morgan fingerprint density at radius 2 is 1.86 bits per heavy atom. The first-order valence-electron chi connectivity index (χ1n) is 7.90. The van der Waals surface area contributed by atoms with Gasteiger partial charge in [0.2, 0.25) is 0 Å². The lowest BCUT2D eigenvalue weighted by atomic mass is 10.0. The maximum absolute atomic E-state index is 11.8. The molecule has 2 aromatic carbocycles. The summed E-state index contributed by atoms with van der Waals surface area (Å²) in [7, 11) is 0. The normalized spacial score (nSPS) is 11.6. The molecule has 0 atom stereocenters. The van der Waals surface area contributed by atoms with Gasteiger partial charge in [-0.25, -0.2) is 4.79 Å². The van der Waals surface area contributed by atoms with Crippen LogP contribution in [0.5, 0.6) is 0 Å². The van der Waals surface area contributed by atoms with Crippen LogP contribution in [0.25, 0.3) is 21.7 Å².